The Labute approximate surface area is 101 Å². The molecule has 1 aliphatic heterocycles. The molecule has 3 heteroatoms. The molecule has 0 aromatic heterocycles. The van der Waals surface area contributed by atoms with Crippen LogP contribution in [0.3, 0.4) is 0 Å². The van der Waals surface area contributed by atoms with Crippen LogP contribution in [0, 0.1) is 11.7 Å². The van der Waals surface area contributed by atoms with Gasteiger partial charge in [0.15, 0.2) is 0 Å². The highest BCUT2D eigenvalue weighted by molar-refractivity contribution is 7.99. The van der Waals surface area contributed by atoms with Crippen LogP contribution in [-0.4, -0.2) is 12.3 Å². The Morgan fingerprint density at radius 3 is 2.81 bits per heavy atom. The van der Waals surface area contributed by atoms with E-state index < -0.39 is 0 Å². The third-order valence-electron chi connectivity index (χ3n) is 3.17. The predicted molar refractivity (Wildman–Crippen MR) is 68.1 cm³/mol. The van der Waals surface area contributed by atoms with Crippen molar-refractivity contribution in [3.8, 4) is 0 Å². The highest BCUT2D eigenvalue weighted by Gasteiger charge is 2.31. The van der Waals surface area contributed by atoms with Gasteiger partial charge in [-0.15, -0.1) is 0 Å². The molecule has 88 valence electrons. The van der Waals surface area contributed by atoms with Crippen LogP contribution in [-0.2, 0) is 5.75 Å². The van der Waals surface area contributed by atoms with Crippen LogP contribution >= 0.6 is 11.8 Å². The molecule has 0 saturated carbocycles. The molecule has 0 saturated heterocycles. The van der Waals surface area contributed by atoms with E-state index >= 15 is 0 Å². The lowest BCUT2D eigenvalue weighted by Gasteiger charge is -2.35. The maximum atomic E-state index is 13.3. The second-order valence-electron chi connectivity index (χ2n) is 4.63. The lowest BCUT2D eigenvalue weighted by molar-refractivity contribution is 0.463. The number of fused-ring (bicyclic) bond motifs is 1. The zero-order valence-electron chi connectivity index (χ0n) is 9.96. The molecule has 1 aromatic rings. The summed E-state index contributed by atoms with van der Waals surface area (Å²) >= 11 is 1.97. The quantitative estimate of drug-likeness (QED) is 0.849. The molecule has 16 heavy (non-hydrogen) atoms. The molecule has 1 N–H and O–H groups in total. The maximum Gasteiger partial charge on any atom is 0.123 e. The molecule has 0 amide bonds. The fraction of sp³-hybridized carbons (Fsp3) is 0.538. The Morgan fingerprint density at radius 1 is 1.44 bits per heavy atom. The second kappa shape index (κ2) is 4.76. The minimum Gasteiger partial charge on any atom is -0.312 e. The fourth-order valence-electron chi connectivity index (χ4n) is 2.34. The van der Waals surface area contributed by atoms with E-state index in [1.54, 1.807) is 12.1 Å². The first-order valence-corrected chi connectivity index (χ1v) is 6.75. The van der Waals surface area contributed by atoms with E-state index in [0.717, 1.165) is 11.3 Å². The number of benzene rings is 1. The number of hydrogen-bond donors (Lipinski definition) is 1. The van der Waals surface area contributed by atoms with E-state index in [1.165, 1.54) is 5.56 Å². The molecule has 0 aliphatic carbocycles. The molecule has 2 rings (SSSR count). The lowest BCUT2D eigenvalue weighted by atomic mass is 9.92. The molecule has 2 atom stereocenters. The Hall–Kier alpha value is -0.540. The SMILES string of the molecule is CNC1c2cc(F)ccc2CSC1C(C)C. The van der Waals surface area contributed by atoms with Crippen molar-refractivity contribution in [1.82, 2.24) is 5.32 Å². The van der Waals surface area contributed by atoms with Crippen molar-refractivity contribution in [2.75, 3.05) is 7.05 Å². The van der Waals surface area contributed by atoms with Crippen molar-refractivity contribution in [2.24, 2.45) is 5.92 Å². The number of nitrogens with one attached hydrogen (secondary N) is 1. The van der Waals surface area contributed by atoms with Crippen LogP contribution in [0.5, 0.6) is 0 Å². The third-order valence-corrected chi connectivity index (χ3v) is 4.85. The van der Waals surface area contributed by atoms with Crippen LogP contribution in [0.25, 0.3) is 0 Å². The van der Waals surface area contributed by atoms with Gasteiger partial charge >= 0.3 is 0 Å². The first-order valence-electron chi connectivity index (χ1n) is 5.70. The molecule has 1 heterocycles. The highest BCUT2D eigenvalue weighted by Crippen LogP contribution is 2.40. The smallest absolute Gasteiger partial charge is 0.123 e. The monoisotopic (exact) mass is 239 g/mol. The van der Waals surface area contributed by atoms with Gasteiger partial charge in [-0.1, -0.05) is 19.9 Å². The molecular formula is C13H18FNS. The average molecular weight is 239 g/mol. The molecule has 0 radical (unpaired) electrons. The van der Waals surface area contributed by atoms with Gasteiger partial charge < -0.3 is 5.32 Å². The molecular weight excluding hydrogens is 221 g/mol. The second-order valence-corrected chi connectivity index (χ2v) is 5.80. The Bertz CT molecular complexity index is 378. The maximum absolute atomic E-state index is 13.3. The fourth-order valence-corrected chi connectivity index (χ4v) is 3.84. The van der Waals surface area contributed by atoms with Gasteiger partial charge in [0.2, 0.25) is 0 Å². The zero-order chi connectivity index (χ0) is 11.7. The lowest BCUT2D eigenvalue weighted by Crippen LogP contribution is -2.34. The number of thioether (sulfide) groups is 1. The standard InChI is InChI=1S/C13H18FNS/c1-8(2)13-12(15-3)11-6-10(14)5-4-9(11)7-16-13/h4-6,8,12-13,15H,7H2,1-3H3. The van der Waals surface area contributed by atoms with Gasteiger partial charge in [0.25, 0.3) is 0 Å². The summed E-state index contributed by atoms with van der Waals surface area (Å²) in [6.07, 6.45) is 0. The van der Waals surface area contributed by atoms with Gasteiger partial charge in [0.05, 0.1) is 0 Å². The molecule has 1 aliphatic rings. The van der Waals surface area contributed by atoms with Crippen LogP contribution < -0.4 is 5.32 Å². The van der Waals surface area contributed by atoms with Gasteiger partial charge in [-0.2, -0.15) is 11.8 Å². The molecule has 2 unspecified atom stereocenters. The topological polar surface area (TPSA) is 12.0 Å². The normalized spacial score (nSPS) is 24.6. The Kier molecular flexibility index (Phi) is 3.55. The van der Waals surface area contributed by atoms with Crippen LogP contribution in [0.1, 0.15) is 31.0 Å². The largest absolute Gasteiger partial charge is 0.312 e. The minimum absolute atomic E-state index is 0.131. The van der Waals surface area contributed by atoms with Crippen LogP contribution in [0.15, 0.2) is 18.2 Å². The molecule has 0 fully saturated rings. The molecule has 1 nitrogen and oxygen atoms in total. The van der Waals surface area contributed by atoms with Gasteiger partial charge in [0, 0.05) is 17.0 Å². The summed E-state index contributed by atoms with van der Waals surface area (Å²) in [5.41, 5.74) is 2.41. The van der Waals surface area contributed by atoms with Gasteiger partial charge in [0.1, 0.15) is 5.82 Å². The third kappa shape index (κ3) is 2.11. The van der Waals surface area contributed by atoms with Crippen molar-refractivity contribution in [2.45, 2.75) is 30.9 Å². The number of rotatable bonds is 2. The zero-order valence-corrected chi connectivity index (χ0v) is 10.8. The van der Waals surface area contributed by atoms with Crippen molar-refractivity contribution < 1.29 is 4.39 Å². The molecule has 0 spiro atoms. The Morgan fingerprint density at radius 2 is 2.19 bits per heavy atom. The van der Waals surface area contributed by atoms with Crippen molar-refractivity contribution in [3.05, 3.63) is 35.1 Å². The summed E-state index contributed by atoms with van der Waals surface area (Å²) in [7, 11) is 1.96. The van der Waals surface area contributed by atoms with E-state index in [2.05, 4.69) is 19.2 Å². The summed E-state index contributed by atoms with van der Waals surface area (Å²) < 4.78 is 13.3. The van der Waals surface area contributed by atoms with Gasteiger partial charge in [-0.3, -0.25) is 0 Å². The van der Waals surface area contributed by atoms with E-state index in [1.807, 2.05) is 24.9 Å². The summed E-state index contributed by atoms with van der Waals surface area (Å²) in [4.78, 5) is 0. The van der Waals surface area contributed by atoms with Crippen molar-refractivity contribution in [3.63, 3.8) is 0 Å². The summed E-state index contributed by atoms with van der Waals surface area (Å²) in [6.45, 7) is 4.46. The highest BCUT2D eigenvalue weighted by atomic mass is 32.2. The van der Waals surface area contributed by atoms with Crippen LogP contribution in [0.4, 0.5) is 4.39 Å². The predicted octanol–water partition coefficient (Wildman–Crippen LogP) is 3.36. The van der Waals surface area contributed by atoms with E-state index in [0.29, 0.717) is 11.2 Å². The molecule has 1 aromatic carbocycles. The van der Waals surface area contributed by atoms with E-state index in [9.17, 15) is 4.39 Å². The van der Waals surface area contributed by atoms with Gasteiger partial charge in [-0.25, -0.2) is 4.39 Å². The van der Waals surface area contributed by atoms with E-state index in [-0.39, 0.29) is 11.9 Å². The Balaban J connectivity index is 2.39. The summed E-state index contributed by atoms with van der Waals surface area (Å²) in [5, 5.41) is 3.86. The summed E-state index contributed by atoms with van der Waals surface area (Å²) in [5.74, 6) is 1.46. The first-order chi connectivity index (χ1) is 7.63. The summed E-state index contributed by atoms with van der Waals surface area (Å²) in [6, 6.07) is 5.43. The average Bonchev–Trinajstić information content (AvgIpc) is 2.27. The van der Waals surface area contributed by atoms with E-state index in [4.69, 9.17) is 0 Å². The first kappa shape index (κ1) is 11.9. The molecule has 0 bridgehead atoms. The van der Waals surface area contributed by atoms with Crippen molar-refractivity contribution >= 4 is 11.8 Å². The van der Waals surface area contributed by atoms with Crippen LogP contribution in [0.2, 0.25) is 0 Å². The van der Waals surface area contributed by atoms with Gasteiger partial charge in [-0.05, 0) is 36.2 Å². The number of halogens is 1. The minimum atomic E-state index is -0.131. The number of hydrogen-bond acceptors (Lipinski definition) is 2. The van der Waals surface area contributed by atoms with Crippen molar-refractivity contribution in [1.29, 1.82) is 0 Å².